The molecular formula is C29H17ClF9N5O4. The molecule has 4 rings (SSSR count). The fourth-order valence-electron chi connectivity index (χ4n) is 3.79. The first kappa shape index (κ1) is 35.3. The summed E-state index contributed by atoms with van der Waals surface area (Å²) in [7, 11) is 0. The van der Waals surface area contributed by atoms with Crippen LogP contribution in [-0.4, -0.2) is 22.8 Å². The summed E-state index contributed by atoms with van der Waals surface area (Å²) in [6.07, 6.45) is -14.0. The highest BCUT2D eigenvalue weighted by Gasteiger charge is 2.37. The molecule has 0 unspecified atom stereocenters. The molecule has 48 heavy (non-hydrogen) atoms. The van der Waals surface area contributed by atoms with Crippen LogP contribution in [0.2, 0.25) is 5.02 Å². The lowest BCUT2D eigenvalue weighted by atomic mass is 10.0. The molecule has 1 heterocycles. The maximum Gasteiger partial charge on any atom is 0.417 e. The molecule has 0 atom stereocenters. The van der Waals surface area contributed by atoms with Crippen molar-refractivity contribution in [2.24, 2.45) is 0 Å². The fourth-order valence-corrected chi connectivity index (χ4v) is 4.02. The normalized spacial score (nSPS) is 11.8. The van der Waals surface area contributed by atoms with Crippen LogP contribution in [0.25, 0.3) is 0 Å². The molecule has 1 aromatic heterocycles. The Hall–Kier alpha value is -5.52. The Balaban J connectivity index is 1.35. The standard InChI is InChI=1S/C29H17ClF9N5O4/c30-22-6-3-18(12-21(22)29(37,38)39)42-26(47)41-17-1-4-19(5-2-17)48-20-7-8-40-23(13-20)25(46)44-43-24(45)14-9-15(27(31,32)33)11-16(10-14)28(34,35)36/h1-13H,(H,43,45)(H,44,46)(H2,41,42,47). The largest absolute Gasteiger partial charge is 0.457 e. The van der Waals surface area contributed by atoms with E-state index >= 15 is 0 Å². The van der Waals surface area contributed by atoms with E-state index in [0.717, 1.165) is 18.3 Å². The van der Waals surface area contributed by atoms with Crippen molar-refractivity contribution in [2.75, 3.05) is 10.6 Å². The number of carbonyl (C=O) groups excluding carboxylic acids is 3. The first-order chi connectivity index (χ1) is 22.3. The summed E-state index contributed by atoms with van der Waals surface area (Å²) in [4.78, 5) is 40.8. The van der Waals surface area contributed by atoms with Crippen LogP contribution in [0, 0.1) is 0 Å². The van der Waals surface area contributed by atoms with Gasteiger partial charge in [-0.1, -0.05) is 11.6 Å². The molecule has 0 aliphatic rings. The number of benzene rings is 3. The third kappa shape index (κ3) is 9.27. The Morgan fingerprint density at radius 3 is 1.77 bits per heavy atom. The SMILES string of the molecule is O=C(Nc1ccc(Oc2ccnc(C(=O)NNC(=O)c3cc(C(F)(F)F)cc(C(F)(F)F)c3)c2)cc1)Nc1ccc(Cl)c(C(F)(F)F)c1. The molecule has 3 aromatic carbocycles. The summed E-state index contributed by atoms with van der Waals surface area (Å²) in [6.45, 7) is 0. The summed E-state index contributed by atoms with van der Waals surface area (Å²) in [5.41, 5.74) is -2.41. The van der Waals surface area contributed by atoms with Crippen LogP contribution in [0.4, 0.5) is 55.7 Å². The maximum atomic E-state index is 13.1. The summed E-state index contributed by atoms with van der Waals surface area (Å²) < 4.78 is 123. The minimum absolute atomic E-state index is 0.0239. The number of carbonyl (C=O) groups is 3. The quantitative estimate of drug-likeness (QED) is 0.119. The number of hydrogen-bond acceptors (Lipinski definition) is 5. The molecule has 0 fully saturated rings. The number of halogens is 10. The zero-order valence-corrected chi connectivity index (χ0v) is 24.1. The van der Waals surface area contributed by atoms with E-state index in [9.17, 15) is 53.9 Å². The van der Waals surface area contributed by atoms with Crippen molar-refractivity contribution in [1.29, 1.82) is 0 Å². The molecule has 0 saturated heterocycles. The molecule has 4 aromatic rings. The Bertz CT molecular complexity index is 1810. The van der Waals surface area contributed by atoms with Gasteiger partial charge < -0.3 is 15.4 Å². The molecule has 4 N–H and O–H groups in total. The summed E-state index contributed by atoms with van der Waals surface area (Å²) in [6, 6.07) is 10.1. The topological polar surface area (TPSA) is 121 Å². The number of alkyl halides is 9. The molecule has 0 aliphatic heterocycles. The summed E-state index contributed by atoms with van der Waals surface area (Å²) >= 11 is 5.57. The molecule has 0 aliphatic carbocycles. The summed E-state index contributed by atoms with van der Waals surface area (Å²) in [5, 5.41) is 4.11. The first-order valence-electron chi connectivity index (χ1n) is 12.9. The van der Waals surface area contributed by atoms with Gasteiger partial charge in [0.05, 0.1) is 21.7 Å². The van der Waals surface area contributed by atoms with Crippen LogP contribution >= 0.6 is 11.6 Å². The minimum Gasteiger partial charge on any atom is -0.457 e. The number of nitrogens with zero attached hydrogens (tertiary/aromatic N) is 1. The van der Waals surface area contributed by atoms with Crippen molar-refractivity contribution >= 4 is 40.8 Å². The number of pyridine rings is 1. The number of anilines is 2. The van der Waals surface area contributed by atoms with Crippen LogP contribution in [0.1, 0.15) is 37.5 Å². The van der Waals surface area contributed by atoms with E-state index in [1.165, 1.54) is 36.4 Å². The third-order valence-corrected chi connectivity index (χ3v) is 6.31. The van der Waals surface area contributed by atoms with E-state index in [2.05, 4.69) is 15.6 Å². The second-order valence-electron chi connectivity index (χ2n) is 9.48. The van der Waals surface area contributed by atoms with E-state index < -0.39 is 63.7 Å². The van der Waals surface area contributed by atoms with Gasteiger partial charge in [0, 0.05) is 29.2 Å². The van der Waals surface area contributed by atoms with Crippen LogP contribution < -0.4 is 26.2 Å². The van der Waals surface area contributed by atoms with Gasteiger partial charge >= 0.3 is 24.6 Å². The highest BCUT2D eigenvalue weighted by Crippen LogP contribution is 2.37. The molecule has 0 radical (unpaired) electrons. The van der Waals surface area contributed by atoms with Gasteiger partial charge in [0.1, 0.15) is 17.2 Å². The van der Waals surface area contributed by atoms with E-state index in [0.29, 0.717) is 6.07 Å². The van der Waals surface area contributed by atoms with Gasteiger partial charge in [0.15, 0.2) is 0 Å². The van der Waals surface area contributed by atoms with Gasteiger partial charge in [-0.2, -0.15) is 39.5 Å². The average Bonchev–Trinajstić information content (AvgIpc) is 3.00. The van der Waals surface area contributed by atoms with Crippen molar-refractivity contribution in [3.05, 3.63) is 112 Å². The molecule has 252 valence electrons. The van der Waals surface area contributed by atoms with Crippen LogP contribution in [0.5, 0.6) is 11.5 Å². The van der Waals surface area contributed by atoms with Crippen LogP contribution in [0.15, 0.2) is 79.0 Å². The second kappa shape index (κ2) is 13.7. The van der Waals surface area contributed by atoms with Crippen molar-refractivity contribution in [3.63, 3.8) is 0 Å². The van der Waals surface area contributed by atoms with Crippen molar-refractivity contribution in [1.82, 2.24) is 15.8 Å². The van der Waals surface area contributed by atoms with Crippen LogP contribution in [0.3, 0.4) is 0 Å². The highest BCUT2D eigenvalue weighted by atomic mass is 35.5. The number of aromatic nitrogens is 1. The van der Waals surface area contributed by atoms with Crippen molar-refractivity contribution in [3.8, 4) is 11.5 Å². The Labute approximate surface area is 268 Å². The molecule has 19 heteroatoms. The zero-order valence-electron chi connectivity index (χ0n) is 23.4. The van der Waals surface area contributed by atoms with Gasteiger partial charge in [-0.15, -0.1) is 0 Å². The smallest absolute Gasteiger partial charge is 0.417 e. The highest BCUT2D eigenvalue weighted by molar-refractivity contribution is 6.31. The second-order valence-corrected chi connectivity index (χ2v) is 9.88. The lowest BCUT2D eigenvalue weighted by molar-refractivity contribution is -0.143. The molecular weight excluding hydrogens is 689 g/mol. The minimum atomic E-state index is -5.19. The number of rotatable bonds is 6. The lowest BCUT2D eigenvalue weighted by Gasteiger charge is -2.14. The van der Waals surface area contributed by atoms with Gasteiger partial charge in [-0.3, -0.25) is 25.4 Å². The molecule has 0 bridgehead atoms. The summed E-state index contributed by atoms with van der Waals surface area (Å²) in [5.74, 6) is -2.39. The Morgan fingerprint density at radius 2 is 1.19 bits per heavy atom. The fraction of sp³-hybridized carbons (Fsp3) is 0.103. The van der Waals surface area contributed by atoms with Gasteiger partial charge in [-0.05, 0) is 66.7 Å². The first-order valence-corrected chi connectivity index (χ1v) is 13.3. The number of hydrogen-bond donors (Lipinski definition) is 4. The molecule has 0 spiro atoms. The average molecular weight is 706 g/mol. The Morgan fingerprint density at radius 1 is 0.625 bits per heavy atom. The van der Waals surface area contributed by atoms with Gasteiger partial charge in [-0.25, -0.2) is 4.79 Å². The van der Waals surface area contributed by atoms with Crippen molar-refractivity contribution < 1.29 is 58.6 Å². The molecule has 9 nitrogen and oxygen atoms in total. The molecule has 4 amide bonds. The number of amides is 4. The third-order valence-electron chi connectivity index (χ3n) is 5.98. The predicted octanol–water partition coefficient (Wildman–Crippen LogP) is 8.30. The van der Waals surface area contributed by atoms with Gasteiger partial charge in [0.25, 0.3) is 11.8 Å². The number of nitrogens with one attached hydrogen (secondary N) is 4. The monoisotopic (exact) mass is 705 g/mol. The maximum absolute atomic E-state index is 13.1. The van der Waals surface area contributed by atoms with E-state index in [-0.39, 0.29) is 46.8 Å². The number of ether oxygens (including phenoxy) is 1. The van der Waals surface area contributed by atoms with Gasteiger partial charge in [0.2, 0.25) is 0 Å². The van der Waals surface area contributed by atoms with E-state index in [1.54, 1.807) is 5.43 Å². The van der Waals surface area contributed by atoms with E-state index in [4.69, 9.17) is 16.3 Å². The zero-order chi connectivity index (χ0) is 35.4. The molecule has 0 saturated carbocycles. The number of hydrazine groups is 1. The van der Waals surface area contributed by atoms with Crippen LogP contribution in [-0.2, 0) is 18.5 Å². The lowest BCUT2D eigenvalue weighted by Crippen LogP contribution is -2.42. The number of urea groups is 1. The van der Waals surface area contributed by atoms with Crippen molar-refractivity contribution in [2.45, 2.75) is 18.5 Å². The predicted molar refractivity (Wildman–Crippen MR) is 151 cm³/mol. The van der Waals surface area contributed by atoms with E-state index in [1.807, 2.05) is 5.43 Å². The Kier molecular flexibility index (Phi) is 10.1.